The number of hydrogen-bond donors (Lipinski definition) is 1. The third-order valence-corrected chi connectivity index (χ3v) is 5.71. The lowest BCUT2D eigenvalue weighted by atomic mass is 10.2. The summed E-state index contributed by atoms with van der Waals surface area (Å²) in [6, 6.07) is 11.2. The molecule has 0 fully saturated rings. The molecule has 7 heteroatoms. The van der Waals surface area contributed by atoms with Crippen LogP contribution >= 0.6 is 38.5 Å². The van der Waals surface area contributed by atoms with Gasteiger partial charge in [-0.1, -0.05) is 28.1 Å². The SMILES string of the molecule is O=C(O)c1ccc(Br)cc1S(=O)(=O)Cc1ccc(I)cc1. The van der Waals surface area contributed by atoms with Crippen LogP contribution in [0.3, 0.4) is 0 Å². The van der Waals surface area contributed by atoms with Crippen LogP contribution in [0.1, 0.15) is 15.9 Å². The number of hydrogen-bond acceptors (Lipinski definition) is 3. The second-order valence-electron chi connectivity index (χ2n) is 4.33. The van der Waals surface area contributed by atoms with E-state index in [1.54, 1.807) is 12.1 Å². The van der Waals surface area contributed by atoms with Gasteiger partial charge in [-0.25, -0.2) is 13.2 Å². The van der Waals surface area contributed by atoms with Gasteiger partial charge in [0.2, 0.25) is 0 Å². The minimum absolute atomic E-state index is 0.178. The molecule has 0 amide bonds. The van der Waals surface area contributed by atoms with E-state index in [1.165, 1.54) is 18.2 Å². The number of carboxylic acids is 1. The van der Waals surface area contributed by atoms with E-state index in [1.807, 2.05) is 12.1 Å². The van der Waals surface area contributed by atoms with Crippen LogP contribution in [0.2, 0.25) is 0 Å². The number of sulfone groups is 1. The first kappa shape index (κ1) is 16.4. The summed E-state index contributed by atoms with van der Waals surface area (Å²) in [4.78, 5) is 11.0. The highest BCUT2D eigenvalue weighted by atomic mass is 127. The van der Waals surface area contributed by atoms with Crippen LogP contribution in [-0.4, -0.2) is 19.5 Å². The Kier molecular flexibility index (Phi) is 5.05. The Morgan fingerprint density at radius 3 is 2.33 bits per heavy atom. The predicted molar refractivity (Wildman–Crippen MR) is 91.2 cm³/mol. The molecule has 0 atom stereocenters. The first-order chi connectivity index (χ1) is 9.79. The Morgan fingerprint density at radius 1 is 1.14 bits per heavy atom. The van der Waals surface area contributed by atoms with Crippen molar-refractivity contribution in [2.45, 2.75) is 10.6 Å². The van der Waals surface area contributed by atoms with E-state index in [0.29, 0.717) is 10.0 Å². The summed E-state index contributed by atoms with van der Waals surface area (Å²) in [6.45, 7) is 0. The zero-order valence-corrected chi connectivity index (χ0v) is 15.1. The van der Waals surface area contributed by atoms with Gasteiger partial charge in [0.25, 0.3) is 0 Å². The van der Waals surface area contributed by atoms with Crippen molar-refractivity contribution in [1.29, 1.82) is 0 Å². The molecule has 0 aliphatic carbocycles. The van der Waals surface area contributed by atoms with E-state index >= 15 is 0 Å². The molecule has 0 bridgehead atoms. The van der Waals surface area contributed by atoms with Crippen molar-refractivity contribution in [3.63, 3.8) is 0 Å². The second kappa shape index (κ2) is 6.45. The van der Waals surface area contributed by atoms with Crippen molar-refractivity contribution in [1.82, 2.24) is 0 Å². The van der Waals surface area contributed by atoms with Crippen molar-refractivity contribution in [3.05, 3.63) is 61.6 Å². The maximum atomic E-state index is 12.5. The van der Waals surface area contributed by atoms with Crippen molar-refractivity contribution >= 4 is 54.3 Å². The number of benzene rings is 2. The summed E-state index contributed by atoms with van der Waals surface area (Å²) in [5.41, 5.74) is 0.399. The molecule has 0 spiro atoms. The van der Waals surface area contributed by atoms with Crippen molar-refractivity contribution in [2.24, 2.45) is 0 Å². The standard InChI is InChI=1S/C14H10BrIO4S/c15-10-3-6-12(14(17)18)13(7-10)21(19,20)8-9-1-4-11(16)5-2-9/h1-7H,8H2,(H,17,18). The van der Waals surface area contributed by atoms with Crippen LogP contribution in [0.15, 0.2) is 51.8 Å². The summed E-state index contributed by atoms with van der Waals surface area (Å²) >= 11 is 5.30. The fourth-order valence-electron chi connectivity index (χ4n) is 1.81. The highest BCUT2D eigenvalue weighted by Gasteiger charge is 2.23. The molecule has 0 aliphatic heterocycles. The molecular formula is C14H10BrIO4S. The van der Waals surface area contributed by atoms with Crippen LogP contribution in [0, 0.1) is 3.57 Å². The molecule has 0 aromatic heterocycles. The molecule has 0 aliphatic rings. The molecule has 0 heterocycles. The monoisotopic (exact) mass is 480 g/mol. The molecule has 2 aromatic carbocycles. The lowest BCUT2D eigenvalue weighted by Crippen LogP contribution is -2.11. The normalized spacial score (nSPS) is 11.3. The third kappa shape index (κ3) is 4.04. The largest absolute Gasteiger partial charge is 0.478 e. The van der Waals surface area contributed by atoms with E-state index < -0.39 is 15.8 Å². The topological polar surface area (TPSA) is 71.4 Å². The molecule has 2 aromatic rings. The fourth-order valence-corrected chi connectivity index (χ4v) is 4.26. The van der Waals surface area contributed by atoms with Gasteiger partial charge in [-0.15, -0.1) is 0 Å². The quantitative estimate of drug-likeness (QED) is 0.677. The van der Waals surface area contributed by atoms with Crippen LogP contribution in [0.25, 0.3) is 0 Å². The van der Waals surface area contributed by atoms with E-state index in [9.17, 15) is 13.2 Å². The predicted octanol–water partition coefficient (Wildman–Crippen LogP) is 3.73. The van der Waals surface area contributed by atoms with E-state index in [2.05, 4.69) is 38.5 Å². The molecule has 2 rings (SSSR count). The van der Waals surface area contributed by atoms with E-state index in [-0.39, 0.29) is 16.2 Å². The Labute approximate surface area is 144 Å². The van der Waals surface area contributed by atoms with Crippen molar-refractivity contribution < 1.29 is 18.3 Å². The Balaban J connectivity index is 2.46. The molecular weight excluding hydrogens is 471 g/mol. The van der Waals surface area contributed by atoms with Crippen LogP contribution < -0.4 is 0 Å². The van der Waals surface area contributed by atoms with E-state index in [4.69, 9.17) is 5.11 Å². The average molecular weight is 481 g/mol. The van der Waals surface area contributed by atoms with E-state index in [0.717, 1.165) is 3.57 Å². The molecule has 1 N–H and O–H groups in total. The number of carbonyl (C=O) groups is 1. The Hall–Kier alpha value is -0.930. The average Bonchev–Trinajstić information content (AvgIpc) is 2.41. The highest BCUT2D eigenvalue weighted by Crippen LogP contribution is 2.25. The zero-order valence-electron chi connectivity index (χ0n) is 10.6. The molecule has 110 valence electrons. The van der Waals surface area contributed by atoms with Crippen molar-refractivity contribution in [2.75, 3.05) is 0 Å². The summed E-state index contributed by atoms with van der Waals surface area (Å²) in [7, 11) is -3.74. The van der Waals surface area contributed by atoms with Gasteiger partial charge in [0.15, 0.2) is 9.84 Å². The Morgan fingerprint density at radius 2 is 1.76 bits per heavy atom. The summed E-state index contributed by atoms with van der Waals surface area (Å²) in [5, 5.41) is 9.14. The first-order valence-electron chi connectivity index (χ1n) is 5.79. The first-order valence-corrected chi connectivity index (χ1v) is 9.32. The smallest absolute Gasteiger partial charge is 0.337 e. The molecule has 0 unspecified atom stereocenters. The lowest BCUT2D eigenvalue weighted by Gasteiger charge is -2.09. The maximum absolute atomic E-state index is 12.5. The number of rotatable bonds is 4. The van der Waals surface area contributed by atoms with Gasteiger partial charge < -0.3 is 5.11 Å². The minimum Gasteiger partial charge on any atom is -0.478 e. The highest BCUT2D eigenvalue weighted by molar-refractivity contribution is 14.1. The Bertz CT molecular complexity index is 785. The summed E-state index contributed by atoms with van der Waals surface area (Å²) in [5.74, 6) is -1.50. The number of halogens is 2. The summed E-state index contributed by atoms with van der Waals surface area (Å²) in [6.07, 6.45) is 0. The molecule has 21 heavy (non-hydrogen) atoms. The van der Waals surface area contributed by atoms with Gasteiger partial charge in [0, 0.05) is 8.04 Å². The molecule has 0 radical (unpaired) electrons. The van der Waals surface area contributed by atoms with Gasteiger partial charge in [-0.2, -0.15) is 0 Å². The minimum atomic E-state index is -3.74. The van der Waals surface area contributed by atoms with Gasteiger partial charge in [-0.05, 0) is 58.5 Å². The lowest BCUT2D eigenvalue weighted by molar-refractivity contribution is 0.0692. The number of carboxylic acid groups (broad SMARTS) is 1. The van der Waals surface area contributed by atoms with Gasteiger partial charge in [-0.3, -0.25) is 0 Å². The van der Waals surface area contributed by atoms with Crippen LogP contribution in [-0.2, 0) is 15.6 Å². The second-order valence-corrected chi connectivity index (χ2v) is 8.45. The number of aromatic carboxylic acids is 1. The van der Waals surface area contributed by atoms with Crippen LogP contribution in [0.4, 0.5) is 0 Å². The molecule has 4 nitrogen and oxygen atoms in total. The van der Waals surface area contributed by atoms with Gasteiger partial charge >= 0.3 is 5.97 Å². The molecule has 0 saturated heterocycles. The van der Waals surface area contributed by atoms with Gasteiger partial charge in [0.05, 0.1) is 16.2 Å². The zero-order chi connectivity index (χ0) is 15.6. The van der Waals surface area contributed by atoms with Crippen LogP contribution in [0.5, 0.6) is 0 Å². The summed E-state index contributed by atoms with van der Waals surface area (Å²) < 4.78 is 26.5. The third-order valence-electron chi connectivity index (χ3n) is 2.78. The molecule has 0 saturated carbocycles. The van der Waals surface area contributed by atoms with Gasteiger partial charge in [0.1, 0.15) is 0 Å². The maximum Gasteiger partial charge on any atom is 0.337 e. The van der Waals surface area contributed by atoms with Crippen molar-refractivity contribution in [3.8, 4) is 0 Å². The fraction of sp³-hybridized carbons (Fsp3) is 0.0714.